The highest BCUT2D eigenvalue weighted by molar-refractivity contribution is 6.32. The quantitative estimate of drug-likeness (QED) is 0.512. The fourth-order valence-electron chi connectivity index (χ4n) is 3.95. The second-order valence-electron chi connectivity index (χ2n) is 7.38. The second-order valence-corrected chi connectivity index (χ2v) is 7.79. The van der Waals surface area contributed by atoms with Gasteiger partial charge in [0.2, 0.25) is 5.82 Å². The minimum Gasteiger partial charge on any atom is -0.394 e. The van der Waals surface area contributed by atoms with Crippen molar-refractivity contribution in [3.8, 4) is 17.6 Å². The van der Waals surface area contributed by atoms with Crippen LogP contribution in [0.5, 0.6) is 0 Å². The lowest BCUT2D eigenvalue weighted by Gasteiger charge is -2.18. The number of hydrogen-bond acceptors (Lipinski definition) is 8. The van der Waals surface area contributed by atoms with Crippen molar-refractivity contribution in [1.29, 1.82) is 5.26 Å². The predicted octanol–water partition coefficient (Wildman–Crippen LogP) is 2.63. The molecular formula is C20H17ClN6O4. The van der Waals surface area contributed by atoms with Gasteiger partial charge >= 0.3 is 0 Å². The maximum atomic E-state index is 13.6. The van der Waals surface area contributed by atoms with E-state index < -0.39 is 11.6 Å². The van der Waals surface area contributed by atoms with Gasteiger partial charge in [-0.05, 0) is 31.9 Å². The average molecular weight is 441 g/mol. The van der Waals surface area contributed by atoms with Gasteiger partial charge in [-0.25, -0.2) is 4.98 Å². The molecule has 0 radical (unpaired) electrons. The normalized spacial score (nSPS) is 17.4. The molecule has 2 unspecified atom stereocenters. The second kappa shape index (κ2) is 7.46. The Morgan fingerprint density at radius 2 is 2.26 bits per heavy atom. The van der Waals surface area contributed by atoms with Crippen LogP contribution in [0.2, 0.25) is 5.02 Å². The lowest BCUT2D eigenvalue weighted by atomic mass is 10.1. The summed E-state index contributed by atoms with van der Waals surface area (Å²) in [4.78, 5) is 22.3. The average Bonchev–Trinajstić information content (AvgIpc) is 3.53. The van der Waals surface area contributed by atoms with Crippen molar-refractivity contribution in [2.75, 3.05) is 13.2 Å². The molecule has 2 atom stereocenters. The number of aliphatic hydroxyl groups is 1. The van der Waals surface area contributed by atoms with Crippen LogP contribution >= 0.6 is 11.6 Å². The molecule has 31 heavy (non-hydrogen) atoms. The van der Waals surface area contributed by atoms with Gasteiger partial charge in [-0.15, -0.1) is 0 Å². The summed E-state index contributed by atoms with van der Waals surface area (Å²) in [6, 6.07) is 4.74. The molecule has 0 saturated carbocycles. The standard InChI is InChI=1S/C20H17ClN6O4/c1-10(8-28)27-16-11(7-22)12(21)4-5-13(16)26-9-23-15(17(26)20(27)29)18-24-19(31-25-18)14-3-2-6-30-14/h4-5,9-10,14,28H,2-3,6,8H2,1H3. The molecule has 1 fully saturated rings. The van der Waals surface area contributed by atoms with Crippen LogP contribution in [-0.4, -0.2) is 42.4 Å². The molecule has 1 aliphatic heterocycles. The number of aromatic nitrogens is 5. The van der Waals surface area contributed by atoms with E-state index in [2.05, 4.69) is 21.2 Å². The largest absolute Gasteiger partial charge is 0.394 e. The van der Waals surface area contributed by atoms with Gasteiger partial charge in [-0.1, -0.05) is 16.8 Å². The monoisotopic (exact) mass is 440 g/mol. The molecule has 11 heteroatoms. The third-order valence-corrected chi connectivity index (χ3v) is 5.79. The van der Waals surface area contributed by atoms with Crippen molar-refractivity contribution < 1.29 is 14.4 Å². The number of halogens is 1. The first-order valence-electron chi connectivity index (χ1n) is 9.75. The Kier molecular flexibility index (Phi) is 4.74. The highest BCUT2D eigenvalue weighted by Crippen LogP contribution is 2.31. The summed E-state index contributed by atoms with van der Waals surface area (Å²) >= 11 is 6.22. The number of ether oxygens (including phenoxy) is 1. The number of nitrogens with zero attached hydrogens (tertiary/aromatic N) is 6. The van der Waals surface area contributed by atoms with E-state index >= 15 is 0 Å². The van der Waals surface area contributed by atoms with Crippen LogP contribution in [0.4, 0.5) is 0 Å². The Bertz CT molecular complexity index is 1410. The van der Waals surface area contributed by atoms with Crippen molar-refractivity contribution >= 4 is 28.2 Å². The maximum Gasteiger partial charge on any atom is 0.278 e. The molecule has 0 amide bonds. The lowest BCUT2D eigenvalue weighted by molar-refractivity contribution is 0.0835. The highest BCUT2D eigenvalue weighted by Gasteiger charge is 2.27. The third-order valence-electron chi connectivity index (χ3n) is 5.47. The molecule has 158 valence electrons. The summed E-state index contributed by atoms with van der Waals surface area (Å²) in [5, 5.41) is 23.7. The van der Waals surface area contributed by atoms with E-state index in [0.717, 1.165) is 12.8 Å². The van der Waals surface area contributed by atoms with Gasteiger partial charge in [-0.2, -0.15) is 10.2 Å². The van der Waals surface area contributed by atoms with Gasteiger partial charge < -0.3 is 14.4 Å². The van der Waals surface area contributed by atoms with E-state index in [1.165, 1.54) is 10.9 Å². The molecule has 3 aromatic heterocycles. The van der Waals surface area contributed by atoms with E-state index in [-0.39, 0.29) is 40.3 Å². The van der Waals surface area contributed by atoms with Gasteiger partial charge in [0.15, 0.2) is 0 Å². The van der Waals surface area contributed by atoms with Gasteiger partial charge in [0, 0.05) is 6.61 Å². The van der Waals surface area contributed by atoms with Crippen LogP contribution in [0.25, 0.3) is 28.1 Å². The summed E-state index contributed by atoms with van der Waals surface area (Å²) in [7, 11) is 0. The Balaban J connectivity index is 1.82. The van der Waals surface area contributed by atoms with Crippen LogP contribution in [0, 0.1) is 11.3 Å². The number of fused-ring (bicyclic) bond motifs is 3. The van der Waals surface area contributed by atoms with Gasteiger partial charge in [0.05, 0.1) is 34.3 Å². The van der Waals surface area contributed by atoms with Crippen molar-refractivity contribution in [3.63, 3.8) is 0 Å². The number of nitriles is 1. The SMILES string of the molecule is CC(CO)n1c(=O)c2c(-c3noc(C4CCCO4)n3)ncn2c2ccc(Cl)c(C#N)c21. The maximum absolute atomic E-state index is 13.6. The predicted molar refractivity (Wildman–Crippen MR) is 110 cm³/mol. The molecule has 0 bridgehead atoms. The van der Waals surface area contributed by atoms with Gasteiger partial charge in [0.1, 0.15) is 29.7 Å². The van der Waals surface area contributed by atoms with E-state index in [9.17, 15) is 15.2 Å². The van der Waals surface area contributed by atoms with E-state index in [0.29, 0.717) is 23.5 Å². The number of imidazole rings is 1. The topological polar surface area (TPSA) is 131 Å². The van der Waals surface area contributed by atoms with Crippen LogP contribution < -0.4 is 5.56 Å². The van der Waals surface area contributed by atoms with Crippen molar-refractivity contribution in [1.82, 2.24) is 24.1 Å². The minimum absolute atomic E-state index is 0.147. The molecule has 4 aromatic rings. The Hall–Kier alpha value is -3.26. The molecular weight excluding hydrogens is 424 g/mol. The molecule has 4 heterocycles. The smallest absolute Gasteiger partial charge is 0.278 e. The van der Waals surface area contributed by atoms with Crippen LogP contribution in [-0.2, 0) is 4.74 Å². The number of aliphatic hydroxyl groups excluding tert-OH is 1. The Labute approximate surface area is 180 Å². The van der Waals surface area contributed by atoms with Crippen molar-refractivity contribution in [2.45, 2.75) is 31.9 Å². The lowest BCUT2D eigenvalue weighted by Crippen LogP contribution is -2.28. The number of hydrogen-bond donors (Lipinski definition) is 1. The molecule has 1 aliphatic rings. The van der Waals surface area contributed by atoms with Gasteiger partial charge in [-0.3, -0.25) is 13.8 Å². The summed E-state index contributed by atoms with van der Waals surface area (Å²) in [5.74, 6) is 0.513. The molecule has 0 spiro atoms. The molecule has 1 saturated heterocycles. The number of rotatable bonds is 4. The Morgan fingerprint density at radius 3 is 2.97 bits per heavy atom. The summed E-state index contributed by atoms with van der Waals surface area (Å²) in [5.41, 5.74) is 1.01. The highest BCUT2D eigenvalue weighted by atomic mass is 35.5. The minimum atomic E-state index is -0.610. The molecule has 5 rings (SSSR count). The van der Waals surface area contributed by atoms with E-state index in [4.69, 9.17) is 20.9 Å². The van der Waals surface area contributed by atoms with Crippen LogP contribution in [0.15, 0.2) is 27.8 Å². The fraction of sp³-hybridized carbons (Fsp3) is 0.350. The van der Waals surface area contributed by atoms with Crippen molar-refractivity contribution in [3.05, 3.63) is 45.3 Å². The zero-order chi connectivity index (χ0) is 21.7. The van der Waals surface area contributed by atoms with Crippen LogP contribution in [0.1, 0.15) is 43.4 Å². The first-order valence-corrected chi connectivity index (χ1v) is 10.1. The third kappa shape index (κ3) is 2.93. The zero-order valence-corrected chi connectivity index (χ0v) is 17.2. The fourth-order valence-corrected chi connectivity index (χ4v) is 4.15. The van der Waals surface area contributed by atoms with E-state index in [1.807, 2.05) is 0 Å². The molecule has 1 N–H and O–H groups in total. The zero-order valence-electron chi connectivity index (χ0n) is 16.4. The first-order chi connectivity index (χ1) is 15.0. The summed E-state index contributed by atoms with van der Waals surface area (Å²) in [6.07, 6.45) is 2.91. The summed E-state index contributed by atoms with van der Waals surface area (Å²) < 4.78 is 13.9. The molecule has 1 aromatic carbocycles. The Morgan fingerprint density at radius 1 is 1.42 bits per heavy atom. The first kappa shape index (κ1) is 19.7. The molecule has 0 aliphatic carbocycles. The van der Waals surface area contributed by atoms with Crippen LogP contribution in [0.3, 0.4) is 0 Å². The van der Waals surface area contributed by atoms with Gasteiger partial charge in [0.25, 0.3) is 11.4 Å². The summed E-state index contributed by atoms with van der Waals surface area (Å²) in [6.45, 7) is 2.01. The number of benzene rings is 1. The molecule has 10 nitrogen and oxygen atoms in total. The van der Waals surface area contributed by atoms with Crippen molar-refractivity contribution in [2.24, 2.45) is 0 Å². The van der Waals surface area contributed by atoms with E-state index in [1.54, 1.807) is 23.5 Å².